The fraction of sp³-hybridized carbons (Fsp3) is 0.556. The smallest absolute Gasteiger partial charge is 0.428 e. The van der Waals surface area contributed by atoms with Gasteiger partial charge < -0.3 is 14.8 Å². The third kappa shape index (κ3) is 3.24. The van der Waals surface area contributed by atoms with Gasteiger partial charge in [-0.3, -0.25) is 4.90 Å². The Labute approximate surface area is 142 Å². The molecule has 1 spiro atoms. The third-order valence-electron chi connectivity index (χ3n) is 4.57. The Kier molecular flexibility index (Phi) is 4.25. The summed E-state index contributed by atoms with van der Waals surface area (Å²) in [6.07, 6.45) is 0.281. The molecule has 2 aliphatic rings. The average Bonchev–Trinajstić information content (AvgIpc) is 2.81. The number of hydrogen-bond donors (Lipinski definition) is 1. The van der Waals surface area contributed by atoms with Crippen LogP contribution in [0.1, 0.15) is 39.2 Å². The summed E-state index contributed by atoms with van der Waals surface area (Å²) in [5, 5.41) is 3.36. The predicted molar refractivity (Wildman–Crippen MR) is 90.3 cm³/mol. The molecule has 1 fully saturated rings. The maximum absolute atomic E-state index is 12.5. The van der Waals surface area contributed by atoms with Crippen LogP contribution in [0.3, 0.4) is 0 Å². The number of carbonyl (C=O) groups excluding carboxylic acids is 2. The minimum Gasteiger partial charge on any atom is -0.428 e. The van der Waals surface area contributed by atoms with Crippen molar-refractivity contribution in [1.82, 2.24) is 5.32 Å². The maximum Gasteiger partial charge on any atom is 0.517 e. The maximum atomic E-state index is 12.5. The SMILES string of the molecule is CC(C)(C)OC(=O)OC(=O)N1CC2(CCNCC2)c2ccccc21. The van der Waals surface area contributed by atoms with Crippen molar-refractivity contribution in [2.75, 3.05) is 24.5 Å². The highest BCUT2D eigenvalue weighted by Crippen LogP contribution is 2.46. The largest absolute Gasteiger partial charge is 0.517 e. The number of para-hydroxylation sites is 1. The number of benzene rings is 1. The molecule has 0 aliphatic carbocycles. The topological polar surface area (TPSA) is 67.9 Å². The molecule has 0 saturated carbocycles. The summed E-state index contributed by atoms with van der Waals surface area (Å²) in [5.41, 5.74) is 1.23. The number of fused-ring (bicyclic) bond motifs is 2. The molecule has 1 amide bonds. The molecule has 130 valence electrons. The lowest BCUT2D eigenvalue weighted by Gasteiger charge is -2.34. The molecule has 0 unspecified atom stereocenters. The third-order valence-corrected chi connectivity index (χ3v) is 4.57. The second-order valence-corrected chi connectivity index (χ2v) is 7.47. The molecule has 1 aromatic rings. The monoisotopic (exact) mass is 332 g/mol. The Hall–Kier alpha value is -2.08. The lowest BCUT2D eigenvalue weighted by Crippen LogP contribution is -2.44. The predicted octanol–water partition coefficient (Wildman–Crippen LogP) is 3.20. The van der Waals surface area contributed by atoms with Gasteiger partial charge in [0.05, 0.1) is 5.69 Å². The number of nitrogens with zero attached hydrogens (tertiary/aromatic N) is 1. The molecule has 0 bridgehead atoms. The van der Waals surface area contributed by atoms with Gasteiger partial charge in [-0.1, -0.05) is 18.2 Å². The Morgan fingerprint density at radius 1 is 1.17 bits per heavy atom. The van der Waals surface area contributed by atoms with Crippen molar-refractivity contribution in [2.24, 2.45) is 0 Å². The molecular formula is C18H24N2O4. The molecule has 1 saturated heterocycles. The van der Waals surface area contributed by atoms with Crippen molar-refractivity contribution in [1.29, 1.82) is 0 Å². The van der Waals surface area contributed by atoms with Crippen molar-refractivity contribution in [3.63, 3.8) is 0 Å². The van der Waals surface area contributed by atoms with Crippen molar-refractivity contribution in [2.45, 2.75) is 44.6 Å². The van der Waals surface area contributed by atoms with Crippen molar-refractivity contribution in [3.8, 4) is 0 Å². The van der Waals surface area contributed by atoms with Gasteiger partial charge in [-0.15, -0.1) is 0 Å². The molecule has 0 radical (unpaired) electrons. The van der Waals surface area contributed by atoms with Gasteiger partial charge in [0.15, 0.2) is 0 Å². The summed E-state index contributed by atoms with van der Waals surface area (Å²) in [7, 11) is 0. The number of carbonyl (C=O) groups is 2. The first-order valence-electron chi connectivity index (χ1n) is 8.33. The van der Waals surface area contributed by atoms with E-state index in [0.717, 1.165) is 37.2 Å². The van der Waals surface area contributed by atoms with Gasteiger partial charge in [0.25, 0.3) is 0 Å². The summed E-state index contributed by atoms with van der Waals surface area (Å²) in [5.74, 6) is 0. The lowest BCUT2D eigenvalue weighted by atomic mass is 9.75. The van der Waals surface area contributed by atoms with Crippen LogP contribution >= 0.6 is 0 Å². The zero-order valence-electron chi connectivity index (χ0n) is 14.4. The molecule has 1 aromatic carbocycles. The van der Waals surface area contributed by atoms with Crippen LogP contribution in [0.4, 0.5) is 15.3 Å². The van der Waals surface area contributed by atoms with E-state index in [1.807, 2.05) is 18.2 Å². The fourth-order valence-electron chi connectivity index (χ4n) is 3.52. The van der Waals surface area contributed by atoms with E-state index in [2.05, 4.69) is 11.4 Å². The molecule has 0 aromatic heterocycles. The molecule has 6 heteroatoms. The van der Waals surface area contributed by atoms with Crippen LogP contribution in [0.15, 0.2) is 24.3 Å². The van der Waals surface area contributed by atoms with Crippen LogP contribution in [0.5, 0.6) is 0 Å². The van der Waals surface area contributed by atoms with Crippen LogP contribution in [0.25, 0.3) is 0 Å². The zero-order chi connectivity index (χ0) is 17.4. The molecule has 3 rings (SSSR count). The number of anilines is 1. The summed E-state index contributed by atoms with van der Waals surface area (Å²) >= 11 is 0. The number of piperidine rings is 1. The van der Waals surface area contributed by atoms with E-state index in [-0.39, 0.29) is 5.41 Å². The number of hydrogen-bond acceptors (Lipinski definition) is 5. The van der Waals surface area contributed by atoms with Gasteiger partial charge in [0.2, 0.25) is 0 Å². The van der Waals surface area contributed by atoms with Crippen LogP contribution in [-0.2, 0) is 14.9 Å². The molecule has 1 N–H and O–H groups in total. The molecule has 0 atom stereocenters. The standard InChI is InChI=1S/C18H24N2O4/c1-17(2,3)24-16(22)23-15(21)20-12-18(8-10-19-11-9-18)13-6-4-5-7-14(13)20/h4-7,19H,8-12H2,1-3H3. The van der Waals surface area contributed by atoms with Crippen molar-refractivity contribution < 1.29 is 19.1 Å². The summed E-state index contributed by atoms with van der Waals surface area (Å²) in [6, 6.07) is 7.86. The number of amides is 1. The van der Waals surface area contributed by atoms with E-state index in [0.29, 0.717) is 6.54 Å². The first-order valence-corrected chi connectivity index (χ1v) is 8.33. The first kappa shape index (κ1) is 16.8. The van der Waals surface area contributed by atoms with E-state index >= 15 is 0 Å². The Morgan fingerprint density at radius 3 is 2.50 bits per heavy atom. The van der Waals surface area contributed by atoms with Crippen LogP contribution in [0, 0.1) is 0 Å². The van der Waals surface area contributed by atoms with Crippen molar-refractivity contribution >= 4 is 17.9 Å². The van der Waals surface area contributed by atoms with E-state index in [1.54, 1.807) is 25.7 Å². The van der Waals surface area contributed by atoms with Gasteiger partial charge in [-0.05, 0) is 58.3 Å². The summed E-state index contributed by atoms with van der Waals surface area (Å²) < 4.78 is 9.99. The van der Waals surface area contributed by atoms with E-state index in [4.69, 9.17) is 9.47 Å². The molecule has 2 heterocycles. The Morgan fingerprint density at radius 2 is 1.83 bits per heavy atom. The van der Waals surface area contributed by atoms with Crippen molar-refractivity contribution in [3.05, 3.63) is 29.8 Å². The second kappa shape index (κ2) is 6.09. The number of nitrogens with one attached hydrogen (secondary N) is 1. The normalized spacial score (nSPS) is 19.0. The summed E-state index contributed by atoms with van der Waals surface area (Å²) in [6.45, 7) is 7.57. The Balaban J connectivity index is 1.79. The highest BCUT2D eigenvalue weighted by molar-refractivity contribution is 5.96. The minimum atomic E-state index is -0.962. The fourth-order valence-corrected chi connectivity index (χ4v) is 3.52. The average molecular weight is 332 g/mol. The first-order chi connectivity index (χ1) is 11.3. The second-order valence-electron chi connectivity index (χ2n) is 7.47. The highest BCUT2D eigenvalue weighted by atomic mass is 16.8. The van der Waals surface area contributed by atoms with E-state index < -0.39 is 17.8 Å². The molecule has 6 nitrogen and oxygen atoms in total. The Bertz CT molecular complexity index is 645. The highest BCUT2D eigenvalue weighted by Gasteiger charge is 2.46. The van der Waals surface area contributed by atoms with Gasteiger partial charge in [0.1, 0.15) is 5.60 Å². The lowest BCUT2D eigenvalue weighted by molar-refractivity contribution is 0.01000. The molecule has 2 aliphatic heterocycles. The van der Waals surface area contributed by atoms with Gasteiger partial charge in [-0.2, -0.15) is 0 Å². The van der Waals surface area contributed by atoms with Crippen LogP contribution in [-0.4, -0.2) is 37.5 Å². The van der Waals surface area contributed by atoms with Crippen LogP contribution in [0.2, 0.25) is 0 Å². The van der Waals surface area contributed by atoms with E-state index in [9.17, 15) is 9.59 Å². The molecule has 24 heavy (non-hydrogen) atoms. The zero-order valence-corrected chi connectivity index (χ0v) is 14.4. The number of rotatable bonds is 0. The summed E-state index contributed by atoms with van der Waals surface area (Å²) in [4.78, 5) is 25.9. The van der Waals surface area contributed by atoms with E-state index in [1.165, 1.54) is 0 Å². The van der Waals surface area contributed by atoms with Crippen LogP contribution < -0.4 is 10.2 Å². The van der Waals surface area contributed by atoms with Gasteiger partial charge in [0, 0.05) is 12.0 Å². The number of ether oxygens (including phenoxy) is 2. The van der Waals surface area contributed by atoms with Gasteiger partial charge in [-0.25, -0.2) is 9.59 Å². The molecular weight excluding hydrogens is 308 g/mol. The van der Waals surface area contributed by atoms with Gasteiger partial charge >= 0.3 is 12.2 Å². The quantitative estimate of drug-likeness (QED) is 0.584. The minimum absolute atomic E-state index is 0.0607.